The van der Waals surface area contributed by atoms with Gasteiger partial charge in [0, 0.05) is 21.8 Å². The maximum absolute atomic E-state index is 11.9. The predicted octanol–water partition coefficient (Wildman–Crippen LogP) is 3.08. The second-order valence-corrected chi connectivity index (χ2v) is 5.77. The van der Waals surface area contributed by atoms with Crippen LogP contribution in [-0.4, -0.2) is 11.9 Å². The highest BCUT2D eigenvalue weighted by Gasteiger charge is 2.31. The highest BCUT2D eigenvalue weighted by molar-refractivity contribution is 9.10. The molecular formula is C13H17BrN2O. The van der Waals surface area contributed by atoms with E-state index in [1.165, 1.54) is 0 Å². The number of carbonyl (C=O) groups is 1. The second kappa shape index (κ2) is 4.78. The zero-order valence-corrected chi connectivity index (χ0v) is 11.8. The summed E-state index contributed by atoms with van der Waals surface area (Å²) in [6, 6.07) is 5.97. The molecule has 3 nitrogen and oxygen atoms in total. The molecule has 1 aromatic carbocycles. The number of anilines is 1. The van der Waals surface area contributed by atoms with Crippen molar-refractivity contribution < 1.29 is 4.79 Å². The Morgan fingerprint density at radius 2 is 2.06 bits per heavy atom. The fourth-order valence-electron chi connectivity index (χ4n) is 1.86. The molecule has 2 atom stereocenters. The smallest absolute Gasteiger partial charge is 0.246 e. The molecule has 2 unspecified atom stereocenters. The molecule has 17 heavy (non-hydrogen) atoms. The molecule has 1 aliphatic rings. The zero-order valence-electron chi connectivity index (χ0n) is 10.3. The van der Waals surface area contributed by atoms with Gasteiger partial charge in [-0.2, -0.15) is 0 Å². The van der Waals surface area contributed by atoms with Crippen LogP contribution in [0.5, 0.6) is 0 Å². The number of fused-ring (bicyclic) bond motifs is 1. The summed E-state index contributed by atoms with van der Waals surface area (Å²) in [7, 11) is 0. The van der Waals surface area contributed by atoms with Gasteiger partial charge in [-0.1, -0.05) is 35.8 Å². The number of hydrogen-bond acceptors (Lipinski definition) is 2. The van der Waals surface area contributed by atoms with E-state index in [-0.39, 0.29) is 11.9 Å². The molecule has 4 heteroatoms. The maximum atomic E-state index is 11.9. The maximum Gasteiger partial charge on any atom is 0.246 e. The van der Waals surface area contributed by atoms with Crippen LogP contribution in [0.2, 0.25) is 0 Å². The van der Waals surface area contributed by atoms with Gasteiger partial charge >= 0.3 is 0 Å². The standard InChI is InChI=1S/C13H17BrN2O/c1-7(2)8(3)15-12-10-5-4-9(14)6-11(10)16-13(12)17/h4-8,12,15H,1-3H3,(H,16,17). The number of halogens is 1. The summed E-state index contributed by atoms with van der Waals surface area (Å²) < 4.78 is 0.981. The number of nitrogens with one attached hydrogen (secondary N) is 2. The normalized spacial score (nSPS) is 20.3. The van der Waals surface area contributed by atoms with Gasteiger partial charge in [0.2, 0.25) is 5.91 Å². The average molecular weight is 297 g/mol. The summed E-state index contributed by atoms with van der Waals surface area (Å²) in [6.07, 6.45) is 0. The van der Waals surface area contributed by atoms with Crippen LogP contribution in [0, 0.1) is 5.92 Å². The Hall–Kier alpha value is -0.870. The quantitative estimate of drug-likeness (QED) is 0.900. The highest BCUT2D eigenvalue weighted by Crippen LogP contribution is 2.33. The fourth-order valence-corrected chi connectivity index (χ4v) is 2.22. The third-order valence-electron chi connectivity index (χ3n) is 3.28. The van der Waals surface area contributed by atoms with Crippen molar-refractivity contribution >= 4 is 27.5 Å². The Morgan fingerprint density at radius 1 is 1.35 bits per heavy atom. The number of benzene rings is 1. The molecule has 0 fully saturated rings. The van der Waals surface area contributed by atoms with Crippen molar-refractivity contribution in [2.24, 2.45) is 5.92 Å². The average Bonchev–Trinajstić information content (AvgIpc) is 2.54. The Bertz CT molecular complexity index is 445. The van der Waals surface area contributed by atoms with E-state index in [1.807, 2.05) is 18.2 Å². The summed E-state index contributed by atoms with van der Waals surface area (Å²) >= 11 is 3.41. The summed E-state index contributed by atoms with van der Waals surface area (Å²) in [6.45, 7) is 6.40. The monoisotopic (exact) mass is 296 g/mol. The van der Waals surface area contributed by atoms with E-state index >= 15 is 0 Å². The number of hydrogen-bond donors (Lipinski definition) is 2. The highest BCUT2D eigenvalue weighted by atomic mass is 79.9. The van der Waals surface area contributed by atoms with E-state index in [0.29, 0.717) is 12.0 Å². The zero-order chi connectivity index (χ0) is 12.6. The molecule has 1 heterocycles. The van der Waals surface area contributed by atoms with Crippen LogP contribution in [0.1, 0.15) is 32.4 Å². The Balaban J connectivity index is 2.23. The third kappa shape index (κ3) is 2.53. The van der Waals surface area contributed by atoms with E-state index in [1.54, 1.807) is 0 Å². The lowest BCUT2D eigenvalue weighted by Crippen LogP contribution is -2.37. The van der Waals surface area contributed by atoms with Crippen molar-refractivity contribution in [1.29, 1.82) is 0 Å². The van der Waals surface area contributed by atoms with Crippen molar-refractivity contribution in [3.8, 4) is 0 Å². The minimum absolute atomic E-state index is 0.0330. The molecule has 0 spiro atoms. The fraction of sp³-hybridized carbons (Fsp3) is 0.462. The number of carbonyl (C=O) groups excluding carboxylic acids is 1. The van der Waals surface area contributed by atoms with Crippen molar-refractivity contribution in [1.82, 2.24) is 5.32 Å². The van der Waals surface area contributed by atoms with Gasteiger partial charge < -0.3 is 5.32 Å². The molecule has 2 N–H and O–H groups in total. The molecule has 92 valence electrons. The van der Waals surface area contributed by atoms with Crippen LogP contribution in [0.15, 0.2) is 22.7 Å². The lowest BCUT2D eigenvalue weighted by molar-refractivity contribution is -0.117. The summed E-state index contributed by atoms with van der Waals surface area (Å²) in [5, 5.41) is 6.28. The molecule has 1 amide bonds. The third-order valence-corrected chi connectivity index (χ3v) is 3.77. The first kappa shape index (κ1) is 12.6. The van der Waals surface area contributed by atoms with Gasteiger partial charge in [0.05, 0.1) is 0 Å². The number of rotatable bonds is 3. The lowest BCUT2D eigenvalue weighted by atomic mass is 10.0. The van der Waals surface area contributed by atoms with Gasteiger partial charge in [-0.3, -0.25) is 10.1 Å². The largest absolute Gasteiger partial charge is 0.324 e. The van der Waals surface area contributed by atoms with Gasteiger partial charge in [0.1, 0.15) is 6.04 Å². The van der Waals surface area contributed by atoms with Crippen molar-refractivity contribution in [2.75, 3.05) is 5.32 Å². The summed E-state index contributed by atoms with van der Waals surface area (Å²) in [5.74, 6) is 0.535. The van der Waals surface area contributed by atoms with E-state index < -0.39 is 0 Å². The molecule has 0 radical (unpaired) electrons. The minimum atomic E-state index is -0.226. The van der Waals surface area contributed by atoms with Crippen LogP contribution in [0.25, 0.3) is 0 Å². The van der Waals surface area contributed by atoms with Gasteiger partial charge in [-0.15, -0.1) is 0 Å². The van der Waals surface area contributed by atoms with E-state index in [2.05, 4.69) is 47.3 Å². The van der Waals surface area contributed by atoms with Gasteiger partial charge in [0.15, 0.2) is 0 Å². The van der Waals surface area contributed by atoms with Crippen molar-refractivity contribution in [2.45, 2.75) is 32.9 Å². The van der Waals surface area contributed by atoms with Crippen molar-refractivity contribution in [3.63, 3.8) is 0 Å². The van der Waals surface area contributed by atoms with Gasteiger partial charge in [-0.25, -0.2) is 0 Å². The van der Waals surface area contributed by atoms with Crippen LogP contribution in [0.3, 0.4) is 0 Å². The first-order valence-electron chi connectivity index (χ1n) is 5.85. The molecule has 2 rings (SSSR count). The molecule has 0 saturated heterocycles. The molecule has 0 aliphatic carbocycles. The Kier molecular flexibility index (Phi) is 3.54. The minimum Gasteiger partial charge on any atom is -0.324 e. The Morgan fingerprint density at radius 3 is 2.71 bits per heavy atom. The van der Waals surface area contributed by atoms with Crippen LogP contribution in [-0.2, 0) is 4.79 Å². The van der Waals surface area contributed by atoms with E-state index in [9.17, 15) is 4.79 Å². The molecule has 0 aromatic heterocycles. The van der Waals surface area contributed by atoms with Crippen molar-refractivity contribution in [3.05, 3.63) is 28.2 Å². The molecule has 0 saturated carbocycles. The Labute approximate surface area is 110 Å². The summed E-state index contributed by atoms with van der Waals surface area (Å²) in [4.78, 5) is 11.9. The first-order valence-corrected chi connectivity index (χ1v) is 6.64. The predicted molar refractivity (Wildman–Crippen MR) is 72.9 cm³/mol. The molecule has 1 aromatic rings. The molecular weight excluding hydrogens is 280 g/mol. The van der Waals surface area contributed by atoms with Gasteiger partial charge in [0.25, 0.3) is 0 Å². The lowest BCUT2D eigenvalue weighted by Gasteiger charge is -2.21. The topological polar surface area (TPSA) is 41.1 Å². The second-order valence-electron chi connectivity index (χ2n) is 4.85. The summed E-state index contributed by atoms with van der Waals surface area (Å²) in [5.41, 5.74) is 1.93. The molecule has 1 aliphatic heterocycles. The van der Waals surface area contributed by atoms with Crippen LogP contribution in [0.4, 0.5) is 5.69 Å². The van der Waals surface area contributed by atoms with Gasteiger partial charge in [-0.05, 0) is 25.0 Å². The van der Waals surface area contributed by atoms with Crippen LogP contribution >= 0.6 is 15.9 Å². The SMILES string of the molecule is CC(C)C(C)NC1C(=O)Nc2cc(Br)ccc21. The number of amides is 1. The van der Waals surface area contributed by atoms with Crippen LogP contribution < -0.4 is 10.6 Å². The van der Waals surface area contributed by atoms with E-state index in [4.69, 9.17) is 0 Å². The molecule has 0 bridgehead atoms. The first-order chi connectivity index (χ1) is 7.99. The van der Waals surface area contributed by atoms with E-state index in [0.717, 1.165) is 15.7 Å².